The Balaban J connectivity index is 1.92. The van der Waals surface area contributed by atoms with E-state index >= 15 is 0 Å². The van der Waals surface area contributed by atoms with Crippen LogP contribution in [0.25, 0.3) is 0 Å². The van der Waals surface area contributed by atoms with Crippen LogP contribution in [0.5, 0.6) is 11.5 Å². The lowest BCUT2D eigenvalue weighted by Crippen LogP contribution is -2.06. The number of ketones is 1. The van der Waals surface area contributed by atoms with Crippen molar-refractivity contribution in [3.63, 3.8) is 0 Å². The standard InChI is InChI=1S/C14H11NO3/c16-14-10-7-13-12(17-8-18-13)6-9(10)3-5-15-4-1-2-11(14)15/h1-2,4,6-7H,3,5,8H2. The Morgan fingerprint density at radius 2 is 2.00 bits per heavy atom. The Labute approximate surface area is 104 Å². The lowest BCUT2D eigenvalue weighted by atomic mass is 10.00. The number of aryl methyl sites for hydroxylation is 2. The number of nitrogens with zero attached hydrogens (tertiary/aromatic N) is 1. The third-order valence-corrected chi connectivity index (χ3v) is 3.53. The number of rotatable bonds is 0. The molecule has 0 amide bonds. The summed E-state index contributed by atoms with van der Waals surface area (Å²) in [5, 5.41) is 0. The van der Waals surface area contributed by atoms with E-state index in [-0.39, 0.29) is 12.6 Å². The van der Waals surface area contributed by atoms with E-state index in [4.69, 9.17) is 9.47 Å². The van der Waals surface area contributed by atoms with Crippen LogP contribution in [0.3, 0.4) is 0 Å². The summed E-state index contributed by atoms with van der Waals surface area (Å²) < 4.78 is 12.7. The first-order chi connectivity index (χ1) is 8.83. The molecule has 0 atom stereocenters. The van der Waals surface area contributed by atoms with Crippen LogP contribution in [-0.2, 0) is 13.0 Å². The van der Waals surface area contributed by atoms with Gasteiger partial charge in [-0.3, -0.25) is 4.79 Å². The molecule has 0 unspecified atom stereocenters. The first-order valence-electron chi connectivity index (χ1n) is 5.95. The molecular formula is C14H11NO3. The molecule has 0 saturated carbocycles. The number of carbonyl (C=O) groups excluding carboxylic acids is 1. The summed E-state index contributed by atoms with van der Waals surface area (Å²) in [4.78, 5) is 12.5. The molecule has 0 aliphatic carbocycles. The van der Waals surface area contributed by atoms with Crippen LogP contribution < -0.4 is 9.47 Å². The van der Waals surface area contributed by atoms with Crippen LogP contribution in [0.4, 0.5) is 0 Å². The minimum Gasteiger partial charge on any atom is -0.454 e. The van der Waals surface area contributed by atoms with E-state index in [9.17, 15) is 4.79 Å². The number of benzene rings is 1. The molecule has 0 bridgehead atoms. The molecule has 4 rings (SSSR count). The summed E-state index contributed by atoms with van der Waals surface area (Å²) in [7, 11) is 0. The number of hydrogen-bond donors (Lipinski definition) is 0. The zero-order chi connectivity index (χ0) is 12.1. The molecule has 1 aromatic carbocycles. The fraction of sp³-hybridized carbons (Fsp3) is 0.214. The highest BCUT2D eigenvalue weighted by molar-refractivity contribution is 6.09. The van der Waals surface area contributed by atoms with Crippen LogP contribution in [0, 0.1) is 0 Å². The van der Waals surface area contributed by atoms with Crippen molar-refractivity contribution in [2.75, 3.05) is 6.79 Å². The van der Waals surface area contributed by atoms with Crippen molar-refractivity contribution in [2.24, 2.45) is 0 Å². The van der Waals surface area contributed by atoms with E-state index < -0.39 is 0 Å². The topological polar surface area (TPSA) is 40.5 Å². The number of aromatic nitrogens is 1. The molecule has 2 aliphatic rings. The molecular weight excluding hydrogens is 230 g/mol. The second-order valence-corrected chi connectivity index (χ2v) is 4.53. The summed E-state index contributed by atoms with van der Waals surface area (Å²) in [6.45, 7) is 1.06. The molecule has 0 fully saturated rings. The minimum absolute atomic E-state index is 0.0609. The number of carbonyl (C=O) groups is 1. The highest BCUT2D eigenvalue weighted by atomic mass is 16.7. The molecule has 4 nitrogen and oxygen atoms in total. The first kappa shape index (κ1) is 9.76. The highest BCUT2D eigenvalue weighted by Crippen LogP contribution is 2.36. The van der Waals surface area contributed by atoms with Gasteiger partial charge >= 0.3 is 0 Å². The van der Waals surface area contributed by atoms with Crippen molar-refractivity contribution in [3.8, 4) is 11.5 Å². The summed E-state index contributed by atoms with van der Waals surface area (Å²) in [6.07, 6.45) is 2.78. The molecule has 4 heteroatoms. The van der Waals surface area contributed by atoms with Gasteiger partial charge < -0.3 is 14.0 Å². The average molecular weight is 241 g/mol. The maximum atomic E-state index is 12.5. The summed E-state index contributed by atoms with van der Waals surface area (Å²) in [5.41, 5.74) is 2.51. The molecule has 2 aromatic rings. The Bertz CT molecular complexity index is 657. The monoisotopic (exact) mass is 241 g/mol. The summed E-state index contributed by atoms with van der Waals surface area (Å²) >= 11 is 0. The van der Waals surface area contributed by atoms with Gasteiger partial charge in [0.25, 0.3) is 0 Å². The number of ether oxygens (including phenoxy) is 2. The van der Waals surface area contributed by atoms with Crippen molar-refractivity contribution in [3.05, 3.63) is 47.3 Å². The molecule has 18 heavy (non-hydrogen) atoms. The van der Waals surface area contributed by atoms with Gasteiger partial charge in [0.05, 0.1) is 5.69 Å². The smallest absolute Gasteiger partial charge is 0.231 e. The Morgan fingerprint density at radius 3 is 2.89 bits per heavy atom. The van der Waals surface area contributed by atoms with Crippen molar-refractivity contribution in [1.82, 2.24) is 4.57 Å². The van der Waals surface area contributed by atoms with Gasteiger partial charge in [0, 0.05) is 18.3 Å². The Kier molecular flexibility index (Phi) is 1.84. The predicted molar refractivity (Wildman–Crippen MR) is 64.1 cm³/mol. The second-order valence-electron chi connectivity index (χ2n) is 4.53. The molecule has 1 aromatic heterocycles. The van der Waals surface area contributed by atoms with Gasteiger partial charge in [-0.05, 0) is 36.2 Å². The van der Waals surface area contributed by atoms with Crippen molar-refractivity contribution < 1.29 is 14.3 Å². The summed E-state index contributed by atoms with van der Waals surface area (Å²) in [6, 6.07) is 7.51. The van der Waals surface area contributed by atoms with E-state index in [2.05, 4.69) is 0 Å². The zero-order valence-corrected chi connectivity index (χ0v) is 9.68. The Morgan fingerprint density at radius 1 is 1.17 bits per heavy atom. The van der Waals surface area contributed by atoms with Gasteiger partial charge in [0.15, 0.2) is 11.5 Å². The van der Waals surface area contributed by atoms with Gasteiger partial charge in [-0.25, -0.2) is 0 Å². The van der Waals surface area contributed by atoms with E-state index in [1.165, 1.54) is 0 Å². The van der Waals surface area contributed by atoms with Gasteiger partial charge in [-0.1, -0.05) is 0 Å². The minimum atomic E-state index is 0.0609. The van der Waals surface area contributed by atoms with Crippen molar-refractivity contribution in [2.45, 2.75) is 13.0 Å². The second kappa shape index (κ2) is 3.38. The molecule has 0 saturated heterocycles. The van der Waals surface area contributed by atoms with Crippen LogP contribution in [0.15, 0.2) is 30.5 Å². The number of hydrogen-bond acceptors (Lipinski definition) is 3. The van der Waals surface area contributed by atoms with E-state index in [1.54, 1.807) is 0 Å². The summed E-state index contributed by atoms with van der Waals surface area (Å²) in [5.74, 6) is 1.47. The largest absolute Gasteiger partial charge is 0.454 e. The normalized spacial score (nSPS) is 16.1. The fourth-order valence-corrected chi connectivity index (χ4v) is 2.60. The maximum Gasteiger partial charge on any atom is 0.231 e. The molecule has 0 N–H and O–H groups in total. The molecule has 2 aliphatic heterocycles. The molecule has 90 valence electrons. The zero-order valence-electron chi connectivity index (χ0n) is 9.68. The van der Waals surface area contributed by atoms with E-state index in [0.29, 0.717) is 5.75 Å². The lowest BCUT2D eigenvalue weighted by molar-refractivity contribution is 0.103. The predicted octanol–water partition coefficient (Wildman–Crippen LogP) is 2.00. The SMILES string of the molecule is O=C1c2cc3c(cc2CCn2cccc21)OCO3. The average Bonchev–Trinajstić information content (AvgIpc) is 3.00. The van der Waals surface area contributed by atoms with Crippen molar-refractivity contribution in [1.29, 1.82) is 0 Å². The maximum absolute atomic E-state index is 12.5. The van der Waals surface area contributed by atoms with Gasteiger partial charge in [-0.2, -0.15) is 0 Å². The quantitative estimate of drug-likeness (QED) is 0.708. The van der Waals surface area contributed by atoms with Crippen LogP contribution in [0.1, 0.15) is 21.6 Å². The van der Waals surface area contributed by atoms with Crippen LogP contribution in [0.2, 0.25) is 0 Å². The van der Waals surface area contributed by atoms with Gasteiger partial charge in [0.2, 0.25) is 12.6 Å². The third-order valence-electron chi connectivity index (χ3n) is 3.53. The highest BCUT2D eigenvalue weighted by Gasteiger charge is 2.25. The lowest BCUT2D eigenvalue weighted by Gasteiger charge is -2.05. The molecule has 0 spiro atoms. The first-order valence-corrected chi connectivity index (χ1v) is 5.95. The third kappa shape index (κ3) is 1.23. The van der Waals surface area contributed by atoms with Gasteiger partial charge in [-0.15, -0.1) is 0 Å². The van der Waals surface area contributed by atoms with Gasteiger partial charge in [0.1, 0.15) is 0 Å². The van der Waals surface area contributed by atoms with Crippen molar-refractivity contribution >= 4 is 5.78 Å². The van der Waals surface area contributed by atoms with E-state index in [0.717, 1.165) is 35.5 Å². The Hall–Kier alpha value is -2.23. The van der Waals surface area contributed by atoms with Crippen LogP contribution in [-0.4, -0.2) is 17.1 Å². The van der Waals surface area contributed by atoms with Crippen LogP contribution >= 0.6 is 0 Å². The fourth-order valence-electron chi connectivity index (χ4n) is 2.60. The van der Waals surface area contributed by atoms with E-state index in [1.807, 2.05) is 35.0 Å². The molecule has 0 radical (unpaired) electrons. The molecule has 3 heterocycles. The number of fused-ring (bicyclic) bond motifs is 3.